The van der Waals surface area contributed by atoms with Crippen molar-refractivity contribution in [1.82, 2.24) is 20.0 Å². The summed E-state index contributed by atoms with van der Waals surface area (Å²) < 4.78 is 7.83. The lowest BCUT2D eigenvalue weighted by Gasteiger charge is -2.13. The number of hydrogen-bond donors (Lipinski definition) is 2. The first-order valence-electron chi connectivity index (χ1n) is 9.24. The number of hydrogen-bond acceptors (Lipinski definition) is 4. The third kappa shape index (κ3) is 5.08. The van der Waals surface area contributed by atoms with Crippen LogP contribution in [0.15, 0.2) is 48.8 Å². The fraction of sp³-hybridized carbons (Fsp3) is 0.333. The zero-order valence-corrected chi connectivity index (χ0v) is 16.0. The molecule has 142 valence electrons. The normalized spacial score (nSPS) is 12.1. The lowest BCUT2D eigenvalue weighted by molar-refractivity contribution is 0.0949. The van der Waals surface area contributed by atoms with E-state index in [4.69, 9.17) is 4.74 Å². The Morgan fingerprint density at radius 3 is 2.93 bits per heavy atom. The minimum atomic E-state index is -0.103. The van der Waals surface area contributed by atoms with Crippen LogP contribution in [0.4, 0.5) is 0 Å². The third-order valence-corrected chi connectivity index (χ3v) is 4.25. The molecule has 0 saturated carbocycles. The molecule has 0 bridgehead atoms. The maximum atomic E-state index is 12.3. The van der Waals surface area contributed by atoms with Crippen molar-refractivity contribution < 1.29 is 9.53 Å². The quantitative estimate of drug-likeness (QED) is 0.643. The van der Waals surface area contributed by atoms with E-state index in [2.05, 4.69) is 15.6 Å². The van der Waals surface area contributed by atoms with Gasteiger partial charge in [0.1, 0.15) is 18.0 Å². The van der Waals surface area contributed by atoms with Gasteiger partial charge in [-0.25, -0.2) is 4.98 Å². The maximum Gasteiger partial charge on any atom is 0.251 e. The van der Waals surface area contributed by atoms with Gasteiger partial charge in [-0.3, -0.25) is 4.79 Å². The number of ether oxygens (including phenoxy) is 1. The molecule has 3 aromatic rings. The SMILES string of the molecule is CCN[C@H](C)CNC(=O)c1cccc(OCc2cn3cc(C)ccc3n2)c1. The molecule has 0 unspecified atom stereocenters. The molecule has 0 aliphatic heterocycles. The largest absolute Gasteiger partial charge is 0.487 e. The second kappa shape index (κ2) is 8.68. The minimum Gasteiger partial charge on any atom is -0.487 e. The van der Waals surface area contributed by atoms with E-state index < -0.39 is 0 Å². The Morgan fingerprint density at radius 2 is 2.11 bits per heavy atom. The van der Waals surface area contributed by atoms with Crippen LogP contribution < -0.4 is 15.4 Å². The highest BCUT2D eigenvalue weighted by Gasteiger charge is 2.09. The van der Waals surface area contributed by atoms with Crippen molar-refractivity contribution in [2.45, 2.75) is 33.4 Å². The average Bonchev–Trinajstić information content (AvgIpc) is 3.07. The highest BCUT2D eigenvalue weighted by atomic mass is 16.5. The second-order valence-electron chi connectivity index (χ2n) is 6.69. The predicted octanol–water partition coefficient (Wildman–Crippen LogP) is 2.95. The number of likely N-dealkylation sites (N-methyl/N-ethyl adjacent to an activating group) is 1. The van der Waals surface area contributed by atoms with Gasteiger partial charge in [-0.1, -0.05) is 19.1 Å². The summed E-state index contributed by atoms with van der Waals surface area (Å²) in [7, 11) is 0. The minimum absolute atomic E-state index is 0.103. The number of imidazole rings is 1. The van der Waals surface area contributed by atoms with Crippen molar-refractivity contribution in [3.8, 4) is 5.75 Å². The number of carbonyl (C=O) groups excluding carboxylic acids is 1. The van der Waals surface area contributed by atoms with E-state index in [0.717, 1.165) is 17.9 Å². The molecular weight excluding hydrogens is 340 g/mol. The van der Waals surface area contributed by atoms with E-state index in [1.54, 1.807) is 12.1 Å². The van der Waals surface area contributed by atoms with Gasteiger partial charge in [-0.15, -0.1) is 0 Å². The molecule has 0 radical (unpaired) electrons. The predicted molar refractivity (Wildman–Crippen MR) is 106 cm³/mol. The van der Waals surface area contributed by atoms with Gasteiger partial charge in [0.25, 0.3) is 5.91 Å². The summed E-state index contributed by atoms with van der Waals surface area (Å²) in [5.74, 6) is 0.545. The molecular formula is C21H26N4O2. The van der Waals surface area contributed by atoms with Gasteiger partial charge < -0.3 is 19.8 Å². The Bertz CT molecular complexity index is 919. The van der Waals surface area contributed by atoms with Gasteiger partial charge in [0.2, 0.25) is 0 Å². The Morgan fingerprint density at radius 1 is 1.26 bits per heavy atom. The number of benzene rings is 1. The Kier molecular flexibility index (Phi) is 6.08. The molecule has 0 saturated heterocycles. The van der Waals surface area contributed by atoms with E-state index in [1.165, 1.54) is 5.56 Å². The Labute approximate surface area is 159 Å². The number of pyridine rings is 1. The number of amides is 1. The van der Waals surface area contributed by atoms with Crippen LogP contribution in [0.5, 0.6) is 5.75 Å². The summed E-state index contributed by atoms with van der Waals surface area (Å²) in [6, 6.07) is 11.5. The summed E-state index contributed by atoms with van der Waals surface area (Å²) in [6.07, 6.45) is 3.99. The van der Waals surface area contributed by atoms with E-state index in [0.29, 0.717) is 24.5 Å². The lowest BCUT2D eigenvalue weighted by Crippen LogP contribution is -2.38. The zero-order chi connectivity index (χ0) is 19.2. The standard InChI is InChI=1S/C21H26N4O2/c1-4-22-16(3)11-23-21(26)17-6-5-7-19(10-17)27-14-18-13-25-12-15(2)8-9-20(25)24-18/h5-10,12-13,16,22H,4,11,14H2,1-3H3,(H,23,26)/t16-/m1/s1. The van der Waals surface area contributed by atoms with Crippen molar-refractivity contribution in [3.63, 3.8) is 0 Å². The second-order valence-corrected chi connectivity index (χ2v) is 6.69. The molecule has 2 heterocycles. The third-order valence-electron chi connectivity index (χ3n) is 4.25. The van der Waals surface area contributed by atoms with Gasteiger partial charge in [-0.05, 0) is 50.2 Å². The molecule has 2 N–H and O–H groups in total. The average molecular weight is 366 g/mol. The fourth-order valence-corrected chi connectivity index (χ4v) is 2.88. The summed E-state index contributed by atoms with van der Waals surface area (Å²) in [4.78, 5) is 16.9. The van der Waals surface area contributed by atoms with Crippen LogP contribution in [0.3, 0.4) is 0 Å². The number of aryl methyl sites for hydroxylation is 1. The lowest BCUT2D eigenvalue weighted by atomic mass is 10.2. The molecule has 0 fully saturated rings. The van der Waals surface area contributed by atoms with Crippen molar-refractivity contribution in [2.75, 3.05) is 13.1 Å². The highest BCUT2D eigenvalue weighted by molar-refractivity contribution is 5.94. The summed E-state index contributed by atoms with van der Waals surface area (Å²) in [5.41, 5.74) is 3.49. The van der Waals surface area contributed by atoms with Gasteiger partial charge >= 0.3 is 0 Å². The van der Waals surface area contributed by atoms with E-state index in [9.17, 15) is 4.79 Å². The topological polar surface area (TPSA) is 67.7 Å². The van der Waals surface area contributed by atoms with Crippen LogP contribution in [-0.2, 0) is 6.61 Å². The van der Waals surface area contributed by atoms with Crippen molar-refractivity contribution in [3.05, 3.63) is 65.6 Å². The smallest absolute Gasteiger partial charge is 0.251 e. The molecule has 0 spiro atoms. The maximum absolute atomic E-state index is 12.3. The van der Waals surface area contributed by atoms with E-state index >= 15 is 0 Å². The monoisotopic (exact) mass is 366 g/mol. The summed E-state index contributed by atoms with van der Waals surface area (Å²) >= 11 is 0. The zero-order valence-electron chi connectivity index (χ0n) is 16.0. The molecule has 0 aliphatic rings. The molecule has 3 rings (SSSR count). The molecule has 6 heteroatoms. The molecule has 6 nitrogen and oxygen atoms in total. The van der Waals surface area contributed by atoms with Crippen molar-refractivity contribution in [2.24, 2.45) is 0 Å². The van der Waals surface area contributed by atoms with Gasteiger partial charge in [-0.2, -0.15) is 0 Å². The number of aromatic nitrogens is 2. The number of fused-ring (bicyclic) bond motifs is 1. The first-order chi connectivity index (χ1) is 13.0. The van der Waals surface area contributed by atoms with Crippen molar-refractivity contribution in [1.29, 1.82) is 0 Å². The van der Waals surface area contributed by atoms with Gasteiger partial charge in [0, 0.05) is 30.5 Å². The Balaban J connectivity index is 1.60. The molecule has 1 amide bonds. The molecule has 0 aliphatic carbocycles. The number of nitrogens with zero attached hydrogens (tertiary/aromatic N) is 2. The number of carbonyl (C=O) groups is 1. The first kappa shape index (κ1) is 18.9. The van der Waals surface area contributed by atoms with Crippen LogP contribution in [0.2, 0.25) is 0 Å². The molecule has 1 atom stereocenters. The number of nitrogens with one attached hydrogen (secondary N) is 2. The Hall–Kier alpha value is -2.86. The summed E-state index contributed by atoms with van der Waals surface area (Å²) in [5, 5.41) is 6.20. The van der Waals surface area contributed by atoms with Crippen LogP contribution in [0, 0.1) is 6.92 Å². The summed E-state index contributed by atoms with van der Waals surface area (Å²) in [6.45, 7) is 7.94. The van der Waals surface area contributed by atoms with Crippen LogP contribution >= 0.6 is 0 Å². The molecule has 1 aromatic carbocycles. The van der Waals surface area contributed by atoms with E-state index in [1.807, 2.05) is 61.8 Å². The molecule has 27 heavy (non-hydrogen) atoms. The van der Waals surface area contributed by atoms with Crippen LogP contribution in [0.25, 0.3) is 5.65 Å². The number of rotatable bonds is 8. The highest BCUT2D eigenvalue weighted by Crippen LogP contribution is 2.16. The van der Waals surface area contributed by atoms with Crippen molar-refractivity contribution >= 4 is 11.6 Å². The van der Waals surface area contributed by atoms with Crippen LogP contribution in [-0.4, -0.2) is 34.4 Å². The van der Waals surface area contributed by atoms with Gasteiger partial charge in [0.05, 0.1) is 5.69 Å². The molecule has 2 aromatic heterocycles. The van der Waals surface area contributed by atoms with Crippen LogP contribution in [0.1, 0.15) is 35.5 Å². The fourth-order valence-electron chi connectivity index (χ4n) is 2.88. The van der Waals surface area contributed by atoms with Gasteiger partial charge in [0.15, 0.2) is 0 Å². The van der Waals surface area contributed by atoms with E-state index in [-0.39, 0.29) is 11.9 Å². The first-order valence-corrected chi connectivity index (χ1v) is 9.24.